The Hall–Kier alpha value is -2.34. The summed E-state index contributed by atoms with van der Waals surface area (Å²) in [6.07, 6.45) is 27.8. The standard InChI is InChI=1S/C50H76O8S2/c1-3-5-7-9-11-13-15-17-19-21-29-53-31-33-55-35-37-57-49(51)43-27-23-25-41-39-45(59-47(41)43)46-40-42-26-24-28-44(48(42)60-46)50(52)58-38-36-56-34-32-54-30-22-20-18-16-14-12-10-8-6-4-2/h23-28H,3-22,29-40H2,1-2H3/b46-45-. The SMILES string of the molecule is CCCCCCCCCCCCOCCOCCOC(=O)c1cccc2c1S/C(=C1/Cc3cccc(C(=O)OCCOCCOCCCCCCCCCCCC)c3S1)C2. The smallest absolute Gasteiger partial charge is 0.339 e. The van der Waals surface area contributed by atoms with Crippen molar-refractivity contribution in [2.75, 3.05) is 66.1 Å². The van der Waals surface area contributed by atoms with Gasteiger partial charge in [0.15, 0.2) is 0 Å². The predicted molar refractivity (Wildman–Crippen MR) is 247 cm³/mol. The summed E-state index contributed by atoms with van der Waals surface area (Å²) in [5, 5.41) is 0. The van der Waals surface area contributed by atoms with Crippen LogP contribution in [-0.2, 0) is 41.3 Å². The fraction of sp³-hybridized carbons (Fsp3) is 0.680. The van der Waals surface area contributed by atoms with Crippen LogP contribution < -0.4 is 0 Å². The summed E-state index contributed by atoms with van der Waals surface area (Å²) in [6, 6.07) is 11.7. The fourth-order valence-electron chi connectivity index (χ4n) is 7.56. The summed E-state index contributed by atoms with van der Waals surface area (Å²) in [5.74, 6) is -0.667. The van der Waals surface area contributed by atoms with Crippen molar-refractivity contribution in [1.29, 1.82) is 0 Å². The molecule has 2 heterocycles. The van der Waals surface area contributed by atoms with Crippen LogP contribution in [0, 0.1) is 0 Å². The highest BCUT2D eigenvalue weighted by molar-refractivity contribution is 8.07. The van der Waals surface area contributed by atoms with E-state index in [0.29, 0.717) is 50.8 Å². The van der Waals surface area contributed by atoms with E-state index in [1.54, 1.807) is 23.5 Å². The molecule has 0 saturated heterocycles. The third-order valence-corrected chi connectivity index (χ3v) is 13.8. The molecule has 2 aromatic carbocycles. The number of unbranched alkanes of at least 4 members (excludes halogenated alkanes) is 18. The number of hydrogen-bond acceptors (Lipinski definition) is 10. The number of fused-ring (bicyclic) bond motifs is 2. The minimum absolute atomic E-state index is 0.198. The second-order valence-electron chi connectivity index (χ2n) is 16.1. The molecule has 0 aliphatic carbocycles. The summed E-state index contributed by atoms with van der Waals surface area (Å²) >= 11 is 3.28. The number of benzene rings is 2. The van der Waals surface area contributed by atoms with E-state index in [0.717, 1.165) is 59.8 Å². The Labute approximate surface area is 371 Å². The van der Waals surface area contributed by atoms with Crippen LogP contribution >= 0.6 is 23.5 Å². The van der Waals surface area contributed by atoms with Gasteiger partial charge in [0.2, 0.25) is 0 Å². The zero-order chi connectivity index (χ0) is 42.3. The lowest BCUT2D eigenvalue weighted by Crippen LogP contribution is -2.13. The molecule has 0 bridgehead atoms. The first-order valence-corrected chi connectivity index (χ1v) is 25.2. The molecular weight excluding hydrogens is 793 g/mol. The lowest BCUT2D eigenvalue weighted by molar-refractivity contribution is 0.0136. The number of carbonyl (C=O) groups is 2. The number of ether oxygens (including phenoxy) is 6. The second-order valence-corrected chi connectivity index (χ2v) is 18.3. The molecule has 8 nitrogen and oxygen atoms in total. The van der Waals surface area contributed by atoms with Gasteiger partial charge in [-0.15, -0.1) is 0 Å². The summed E-state index contributed by atoms with van der Waals surface area (Å²) in [6.45, 7) is 9.24. The van der Waals surface area contributed by atoms with Crippen molar-refractivity contribution in [3.63, 3.8) is 0 Å². The minimum Gasteiger partial charge on any atom is -0.460 e. The van der Waals surface area contributed by atoms with E-state index >= 15 is 0 Å². The van der Waals surface area contributed by atoms with E-state index in [-0.39, 0.29) is 25.2 Å². The molecule has 10 heteroatoms. The maximum Gasteiger partial charge on any atom is 0.339 e. The third-order valence-electron chi connectivity index (χ3n) is 11.0. The van der Waals surface area contributed by atoms with Gasteiger partial charge in [-0.05, 0) is 36.1 Å². The summed E-state index contributed by atoms with van der Waals surface area (Å²) in [5.41, 5.74) is 3.41. The van der Waals surface area contributed by atoms with Gasteiger partial charge >= 0.3 is 11.9 Å². The van der Waals surface area contributed by atoms with E-state index in [4.69, 9.17) is 28.4 Å². The van der Waals surface area contributed by atoms with E-state index in [1.807, 2.05) is 24.3 Å². The third kappa shape index (κ3) is 19.8. The van der Waals surface area contributed by atoms with Gasteiger partial charge in [0, 0.05) is 45.7 Å². The lowest BCUT2D eigenvalue weighted by atomic mass is 10.1. The number of hydrogen-bond donors (Lipinski definition) is 0. The molecule has 0 saturated carbocycles. The Morgan fingerprint density at radius 1 is 0.417 bits per heavy atom. The molecule has 2 aromatic rings. The molecule has 0 N–H and O–H groups in total. The van der Waals surface area contributed by atoms with Crippen LogP contribution in [0.5, 0.6) is 0 Å². The molecule has 2 aliphatic rings. The fourth-order valence-corrected chi connectivity index (χ4v) is 10.2. The van der Waals surface area contributed by atoms with Crippen LogP contribution in [0.4, 0.5) is 0 Å². The summed E-state index contributed by atoms with van der Waals surface area (Å²) in [4.78, 5) is 30.6. The molecule has 0 amide bonds. The first-order chi connectivity index (χ1) is 29.6. The van der Waals surface area contributed by atoms with E-state index in [9.17, 15) is 9.59 Å². The van der Waals surface area contributed by atoms with Crippen molar-refractivity contribution in [3.05, 3.63) is 68.5 Å². The normalized spacial score (nSPS) is 14.4. The number of rotatable bonds is 36. The number of esters is 2. The maximum atomic E-state index is 13.1. The quantitative estimate of drug-likeness (QED) is 0.0487. The number of thioether (sulfide) groups is 2. The molecule has 0 radical (unpaired) electrons. The van der Waals surface area contributed by atoms with Gasteiger partial charge < -0.3 is 28.4 Å². The number of allylic oxidation sites excluding steroid dienone is 2. The van der Waals surface area contributed by atoms with Crippen molar-refractivity contribution < 1.29 is 38.0 Å². The largest absolute Gasteiger partial charge is 0.460 e. The molecule has 0 unspecified atom stereocenters. The van der Waals surface area contributed by atoms with Gasteiger partial charge in [-0.1, -0.05) is 177 Å². The predicted octanol–water partition coefficient (Wildman–Crippen LogP) is 13.1. The van der Waals surface area contributed by atoms with Gasteiger partial charge in [0.1, 0.15) is 13.2 Å². The Morgan fingerprint density at radius 2 is 0.733 bits per heavy atom. The highest BCUT2D eigenvalue weighted by atomic mass is 32.2. The van der Waals surface area contributed by atoms with Crippen LogP contribution in [0.15, 0.2) is 56.0 Å². The topological polar surface area (TPSA) is 89.5 Å². The molecule has 0 fully saturated rings. The lowest BCUT2D eigenvalue weighted by Gasteiger charge is -2.09. The van der Waals surface area contributed by atoms with Gasteiger partial charge in [-0.25, -0.2) is 9.59 Å². The Morgan fingerprint density at radius 3 is 1.10 bits per heavy atom. The van der Waals surface area contributed by atoms with Crippen molar-refractivity contribution in [1.82, 2.24) is 0 Å². The Balaban J connectivity index is 1.05. The van der Waals surface area contributed by atoms with Crippen molar-refractivity contribution >= 4 is 35.5 Å². The van der Waals surface area contributed by atoms with Crippen LogP contribution in [0.2, 0.25) is 0 Å². The van der Waals surface area contributed by atoms with E-state index in [1.165, 1.54) is 125 Å². The molecule has 4 rings (SSSR count). The first-order valence-electron chi connectivity index (χ1n) is 23.6. The van der Waals surface area contributed by atoms with Gasteiger partial charge in [-0.2, -0.15) is 0 Å². The van der Waals surface area contributed by atoms with Crippen LogP contribution in [0.3, 0.4) is 0 Å². The highest BCUT2D eigenvalue weighted by Gasteiger charge is 2.30. The van der Waals surface area contributed by atoms with Gasteiger partial charge in [0.05, 0.1) is 50.8 Å². The average Bonchev–Trinajstić information content (AvgIpc) is 3.91. The summed E-state index contributed by atoms with van der Waals surface area (Å²) < 4.78 is 34.0. The van der Waals surface area contributed by atoms with E-state index < -0.39 is 0 Å². The zero-order valence-electron chi connectivity index (χ0n) is 37.2. The molecule has 0 spiro atoms. The molecule has 2 aliphatic heterocycles. The van der Waals surface area contributed by atoms with Crippen molar-refractivity contribution in [2.45, 2.75) is 165 Å². The van der Waals surface area contributed by atoms with Crippen LogP contribution in [0.25, 0.3) is 0 Å². The minimum atomic E-state index is -0.334. The molecule has 336 valence electrons. The average molecular weight is 869 g/mol. The van der Waals surface area contributed by atoms with Crippen LogP contribution in [0.1, 0.15) is 174 Å². The molecule has 0 atom stereocenters. The van der Waals surface area contributed by atoms with Crippen molar-refractivity contribution in [2.24, 2.45) is 0 Å². The van der Waals surface area contributed by atoms with Gasteiger partial charge in [-0.3, -0.25) is 0 Å². The van der Waals surface area contributed by atoms with Gasteiger partial charge in [0.25, 0.3) is 0 Å². The molecular formula is C50H76O8S2. The molecule has 0 aromatic heterocycles. The van der Waals surface area contributed by atoms with Crippen LogP contribution in [-0.4, -0.2) is 78.0 Å². The molecule has 60 heavy (non-hydrogen) atoms. The second kappa shape index (κ2) is 32.4. The Bertz CT molecular complexity index is 1420. The van der Waals surface area contributed by atoms with E-state index in [2.05, 4.69) is 26.0 Å². The number of carbonyl (C=O) groups excluding carboxylic acids is 2. The first kappa shape index (κ1) is 50.3. The monoisotopic (exact) mass is 868 g/mol. The summed E-state index contributed by atoms with van der Waals surface area (Å²) in [7, 11) is 0. The van der Waals surface area contributed by atoms with Crippen molar-refractivity contribution in [3.8, 4) is 0 Å². The zero-order valence-corrected chi connectivity index (χ0v) is 38.8. The highest BCUT2D eigenvalue weighted by Crippen LogP contribution is 2.51. The maximum absolute atomic E-state index is 13.1. The Kier molecular flexibility index (Phi) is 27.1.